The van der Waals surface area contributed by atoms with E-state index in [0.29, 0.717) is 30.7 Å². The summed E-state index contributed by atoms with van der Waals surface area (Å²) in [6.45, 7) is 0.355. The van der Waals surface area contributed by atoms with Crippen LogP contribution in [0.25, 0.3) is 0 Å². The SMILES string of the molecule is CF.CNSc1ccc(Nc2ccc(C(F)(F)F)cc2)c(/C(N)=N/N(N)Cc2ccccc2)c1. The van der Waals surface area contributed by atoms with Gasteiger partial charge < -0.3 is 11.1 Å². The molecule has 182 valence electrons. The highest BCUT2D eigenvalue weighted by atomic mass is 32.2. The molecule has 3 rings (SSSR count). The lowest BCUT2D eigenvalue weighted by Gasteiger charge is -2.17. The molecule has 11 heteroatoms. The quantitative estimate of drug-likeness (QED) is 0.0853. The third-order valence-corrected chi connectivity index (χ3v) is 5.10. The van der Waals surface area contributed by atoms with E-state index < -0.39 is 11.7 Å². The van der Waals surface area contributed by atoms with Crippen LogP contribution in [0.5, 0.6) is 0 Å². The van der Waals surface area contributed by atoms with Gasteiger partial charge >= 0.3 is 6.18 Å². The number of halogens is 4. The molecule has 3 aromatic rings. The van der Waals surface area contributed by atoms with Gasteiger partial charge in [0.05, 0.1) is 19.3 Å². The van der Waals surface area contributed by atoms with E-state index in [2.05, 4.69) is 15.1 Å². The van der Waals surface area contributed by atoms with Crippen molar-refractivity contribution in [3.63, 3.8) is 0 Å². The Kier molecular flexibility index (Phi) is 10.2. The Morgan fingerprint density at radius 3 is 2.24 bits per heavy atom. The zero-order valence-corrected chi connectivity index (χ0v) is 19.4. The van der Waals surface area contributed by atoms with E-state index in [1.165, 1.54) is 29.2 Å². The number of hydrazone groups is 1. The largest absolute Gasteiger partial charge is 0.416 e. The van der Waals surface area contributed by atoms with Crippen molar-refractivity contribution in [2.75, 3.05) is 19.5 Å². The molecule has 6 nitrogen and oxygen atoms in total. The molecule has 3 aromatic carbocycles. The normalized spacial score (nSPS) is 11.4. The second kappa shape index (κ2) is 12.8. The van der Waals surface area contributed by atoms with Crippen LogP contribution in [0.1, 0.15) is 16.7 Å². The summed E-state index contributed by atoms with van der Waals surface area (Å²) in [5.41, 5.74) is 8.14. The summed E-state index contributed by atoms with van der Waals surface area (Å²) in [7, 11) is 2.29. The molecule has 0 fully saturated rings. The Labute approximate surface area is 200 Å². The number of hydrazine groups is 1. The van der Waals surface area contributed by atoms with Gasteiger partial charge in [-0.1, -0.05) is 30.3 Å². The number of alkyl halides is 4. The highest BCUT2D eigenvalue weighted by Crippen LogP contribution is 2.31. The lowest BCUT2D eigenvalue weighted by Crippen LogP contribution is -2.29. The smallest absolute Gasteiger partial charge is 0.382 e. The van der Waals surface area contributed by atoms with Crippen LogP contribution >= 0.6 is 11.9 Å². The molecule has 0 saturated heterocycles. The van der Waals surface area contributed by atoms with Crippen LogP contribution in [-0.4, -0.2) is 25.2 Å². The van der Waals surface area contributed by atoms with E-state index in [4.69, 9.17) is 11.6 Å². The van der Waals surface area contributed by atoms with Gasteiger partial charge in [-0.05, 0) is 67.0 Å². The van der Waals surface area contributed by atoms with Gasteiger partial charge in [0.1, 0.15) is 0 Å². The number of benzene rings is 3. The first kappa shape index (κ1) is 27.0. The number of hydrogen-bond acceptors (Lipinski definition) is 6. The highest BCUT2D eigenvalue weighted by molar-refractivity contribution is 7.97. The average Bonchev–Trinajstić information content (AvgIpc) is 2.82. The molecule has 0 aliphatic rings. The fourth-order valence-electron chi connectivity index (χ4n) is 2.92. The molecular weight excluding hydrogens is 468 g/mol. The Bertz CT molecular complexity index is 1060. The number of anilines is 2. The molecule has 0 aliphatic carbocycles. The lowest BCUT2D eigenvalue weighted by molar-refractivity contribution is -0.137. The van der Waals surface area contributed by atoms with Crippen LogP contribution in [0.15, 0.2) is 82.8 Å². The van der Waals surface area contributed by atoms with Crippen molar-refractivity contribution < 1.29 is 17.6 Å². The van der Waals surface area contributed by atoms with Gasteiger partial charge in [-0.2, -0.15) is 13.2 Å². The molecule has 0 bridgehead atoms. The van der Waals surface area contributed by atoms with Crippen LogP contribution in [0.3, 0.4) is 0 Å². The first-order valence-corrected chi connectivity index (χ1v) is 10.8. The number of hydrogen-bond donors (Lipinski definition) is 4. The second-order valence-electron chi connectivity index (χ2n) is 6.78. The van der Waals surface area contributed by atoms with E-state index in [-0.39, 0.29) is 5.84 Å². The maximum Gasteiger partial charge on any atom is 0.416 e. The minimum absolute atomic E-state index is 0.163. The van der Waals surface area contributed by atoms with E-state index in [9.17, 15) is 17.6 Å². The molecule has 0 spiro atoms. The minimum Gasteiger partial charge on any atom is -0.382 e. The van der Waals surface area contributed by atoms with Crippen LogP contribution < -0.4 is 21.6 Å². The van der Waals surface area contributed by atoms with Crippen LogP contribution in [0.4, 0.5) is 28.9 Å². The monoisotopic (exact) mass is 494 g/mol. The number of nitrogens with one attached hydrogen (secondary N) is 2. The first-order valence-electron chi connectivity index (χ1n) is 9.96. The third kappa shape index (κ3) is 7.94. The molecule has 0 aromatic heterocycles. The molecule has 0 atom stereocenters. The van der Waals surface area contributed by atoms with Crippen LogP contribution in [0.2, 0.25) is 0 Å². The Morgan fingerprint density at radius 2 is 1.65 bits per heavy atom. The molecule has 0 amide bonds. The van der Waals surface area contributed by atoms with Gasteiger partial charge in [0.25, 0.3) is 0 Å². The molecule has 34 heavy (non-hydrogen) atoms. The number of nitrogens with zero attached hydrogens (tertiary/aromatic N) is 2. The standard InChI is InChI=1S/C22H23F3N6S.CH3F/c1-28-32-18-11-12-20(29-17-9-7-16(8-10-17)22(23,24)25)19(13-18)21(26)30-31(27)14-15-5-3-2-4-6-15;1-2/h2-13,28-29H,14,27H2,1H3,(H2,26,30);1H3. The van der Waals surface area contributed by atoms with Crippen molar-refractivity contribution in [2.45, 2.75) is 17.6 Å². The predicted octanol–water partition coefficient (Wildman–Crippen LogP) is 5.26. The molecule has 0 aliphatic heterocycles. The zero-order chi connectivity index (χ0) is 25.1. The summed E-state index contributed by atoms with van der Waals surface area (Å²) in [5, 5.41) is 8.63. The van der Waals surface area contributed by atoms with E-state index in [1.807, 2.05) is 42.5 Å². The van der Waals surface area contributed by atoms with Gasteiger partial charge in [0.2, 0.25) is 0 Å². The number of rotatable bonds is 8. The summed E-state index contributed by atoms with van der Waals surface area (Å²) in [6, 6.07) is 19.8. The molecule has 0 saturated carbocycles. The van der Waals surface area contributed by atoms with Gasteiger partial charge in [-0.25, -0.2) is 11.0 Å². The van der Waals surface area contributed by atoms with Crippen molar-refractivity contribution in [3.8, 4) is 0 Å². The summed E-state index contributed by atoms with van der Waals surface area (Å²) in [4.78, 5) is 0.880. The van der Waals surface area contributed by atoms with Crippen molar-refractivity contribution >= 4 is 29.2 Å². The predicted molar refractivity (Wildman–Crippen MR) is 130 cm³/mol. The minimum atomic E-state index is -4.39. The highest BCUT2D eigenvalue weighted by Gasteiger charge is 2.29. The van der Waals surface area contributed by atoms with Crippen LogP contribution in [-0.2, 0) is 12.7 Å². The van der Waals surface area contributed by atoms with Crippen molar-refractivity contribution in [1.82, 2.24) is 9.84 Å². The maximum absolute atomic E-state index is 12.8. The molecule has 0 unspecified atom stereocenters. The first-order chi connectivity index (χ1) is 16.3. The van der Waals surface area contributed by atoms with Gasteiger partial charge in [-0.15, -0.1) is 5.10 Å². The summed E-state index contributed by atoms with van der Waals surface area (Å²) >= 11 is 1.39. The van der Waals surface area contributed by atoms with Crippen LogP contribution in [0, 0.1) is 0 Å². The van der Waals surface area contributed by atoms with Gasteiger partial charge in [-0.3, -0.25) is 9.11 Å². The van der Waals surface area contributed by atoms with Crippen molar-refractivity contribution in [2.24, 2.45) is 16.7 Å². The summed E-state index contributed by atoms with van der Waals surface area (Å²) in [6.07, 6.45) is -4.39. The maximum atomic E-state index is 12.8. The van der Waals surface area contributed by atoms with E-state index in [0.717, 1.165) is 22.6 Å². The average molecular weight is 495 g/mol. The molecular formula is C23H26F4N6S. The van der Waals surface area contributed by atoms with E-state index in [1.54, 1.807) is 13.1 Å². The number of amidine groups is 1. The topological polar surface area (TPSA) is 91.7 Å². The van der Waals surface area contributed by atoms with Gasteiger partial charge in [0, 0.05) is 21.8 Å². The second-order valence-corrected chi connectivity index (χ2v) is 7.87. The van der Waals surface area contributed by atoms with Gasteiger partial charge in [0.15, 0.2) is 5.84 Å². The third-order valence-electron chi connectivity index (χ3n) is 4.40. The lowest BCUT2D eigenvalue weighted by atomic mass is 10.1. The zero-order valence-electron chi connectivity index (χ0n) is 18.6. The summed E-state index contributed by atoms with van der Waals surface area (Å²) < 4.78 is 51.0. The molecule has 6 N–H and O–H groups in total. The number of nitrogens with two attached hydrogens (primary N) is 2. The van der Waals surface area contributed by atoms with Crippen molar-refractivity contribution in [3.05, 3.63) is 89.5 Å². The summed E-state index contributed by atoms with van der Waals surface area (Å²) in [5.74, 6) is 6.19. The Morgan fingerprint density at radius 1 is 1.00 bits per heavy atom. The Hall–Kier alpha value is -3.28. The molecule has 0 radical (unpaired) electrons. The van der Waals surface area contributed by atoms with Crippen molar-refractivity contribution in [1.29, 1.82) is 0 Å². The van der Waals surface area contributed by atoms with E-state index >= 15 is 0 Å². The molecule has 0 heterocycles. The Balaban J connectivity index is 0.00000199. The fraction of sp³-hybridized carbons (Fsp3) is 0.174. The fourth-order valence-corrected chi connectivity index (χ4v) is 3.47.